The molecule has 0 saturated carbocycles. The van der Waals surface area contributed by atoms with E-state index >= 15 is 0 Å². The Balaban J connectivity index is 1.55. The topological polar surface area (TPSA) is 96.6 Å². The van der Waals surface area contributed by atoms with Crippen molar-refractivity contribution in [2.24, 2.45) is 4.99 Å². The van der Waals surface area contributed by atoms with Gasteiger partial charge in [-0.3, -0.25) is 0 Å². The molecular weight excluding hydrogens is 406 g/mol. The van der Waals surface area contributed by atoms with Gasteiger partial charge in [0.05, 0.1) is 18.3 Å². The van der Waals surface area contributed by atoms with Gasteiger partial charge in [-0.15, -0.1) is 0 Å². The fourth-order valence-electron chi connectivity index (χ4n) is 2.79. The summed E-state index contributed by atoms with van der Waals surface area (Å²) >= 11 is 0. The number of aromatic nitrogens is 3. The molecule has 0 aliphatic carbocycles. The lowest BCUT2D eigenvalue weighted by Crippen LogP contribution is -2.39. The molecule has 164 valence electrons. The van der Waals surface area contributed by atoms with Crippen molar-refractivity contribution in [1.82, 2.24) is 25.4 Å². The number of alkyl halides is 2. The van der Waals surface area contributed by atoms with Crippen LogP contribution in [0.2, 0.25) is 0 Å². The number of rotatable bonds is 9. The molecule has 3 N–H and O–H groups in total. The quantitative estimate of drug-likeness (QED) is 0.357. The van der Waals surface area contributed by atoms with Crippen molar-refractivity contribution in [3.63, 3.8) is 0 Å². The summed E-state index contributed by atoms with van der Waals surface area (Å²) in [4.78, 5) is 8.46. The minimum Gasteiger partial charge on any atom is -0.435 e. The summed E-state index contributed by atoms with van der Waals surface area (Å²) < 4.78 is 30.5. The minimum absolute atomic E-state index is 0.0450. The zero-order valence-electron chi connectivity index (χ0n) is 16.9. The molecule has 1 aromatic heterocycles. The monoisotopic (exact) mass is 430 g/mol. The first-order chi connectivity index (χ1) is 15.0. The molecule has 0 fully saturated rings. The second kappa shape index (κ2) is 11.0. The third kappa shape index (κ3) is 6.75. The van der Waals surface area contributed by atoms with E-state index in [0.717, 1.165) is 11.3 Å². The van der Waals surface area contributed by atoms with Gasteiger partial charge in [-0.1, -0.05) is 24.3 Å². The van der Waals surface area contributed by atoms with Crippen LogP contribution in [0.4, 0.5) is 8.78 Å². The van der Waals surface area contributed by atoms with Crippen molar-refractivity contribution < 1.29 is 18.6 Å². The molecule has 8 nitrogen and oxygen atoms in total. The second-order valence-electron chi connectivity index (χ2n) is 6.55. The molecule has 3 aromatic rings. The maximum atomic E-state index is 12.2. The third-order valence-electron chi connectivity index (χ3n) is 4.34. The number of ether oxygens (including phenoxy) is 1. The van der Waals surface area contributed by atoms with Gasteiger partial charge in [0.15, 0.2) is 5.96 Å². The summed E-state index contributed by atoms with van der Waals surface area (Å²) in [6, 6.07) is 13.7. The smallest absolute Gasteiger partial charge is 0.387 e. The number of aliphatic imine (C=N–C) groups is 1. The Morgan fingerprint density at radius 3 is 2.48 bits per heavy atom. The molecule has 1 heterocycles. The van der Waals surface area contributed by atoms with Crippen molar-refractivity contribution in [1.29, 1.82) is 0 Å². The molecule has 1 atom stereocenters. The van der Waals surface area contributed by atoms with E-state index in [1.54, 1.807) is 23.1 Å². The predicted octanol–water partition coefficient (Wildman–Crippen LogP) is 2.66. The summed E-state index contributed by atoms with van der Waals surface area (Å²) in [5.74, 6) is 0.600. The van der Waals surface area contributed by atoms with Crippen LogP contribution in [0, 0.1) is 0 Å². The average Bonchev–Trinajstić information content (AvgIpc) is 3.31. The van der Waals surface area contributed by atoms with Gasteiger partial charge in [0.2, 0.25) is 0 Å². The van der Waals surface area contributed by atoms with Gasteiger partial charge in [0, 0.05) is 13.1 Å². The minimum atomic E-state index is -2.88. The molecule has 0 aliphatic heterocycles. The van der Waals surface area contributed by atoms with Crippen molar-refractivity contribution in [3.05, 3.63) is 72.3 Å². The molecule has 3 rings (SSSR count). The van der Waals surface area contributed by atoms with Gasteiger partial charge in [-0.2, -0.15) is 13.9 Å². The van der Waals surface area contributed by atoms with E-state index in [4.69, 9.17) is 0 Å². The Morgan fingerprint density at radius 1 is 1.13 bits per heavy atom. The number of nitrogens with one attached hydrogen (secondary N) is 2. The molecule has 2 aromatic carbocycles. The Labute approximate surface area is 178 Å². The van der Waals surface area contributed by atoms with Crippen LogP contribution in [0.1, 0.15) is 24.2 Å². The number of nitrogens with zero attached hydrogens (tertiary/aromatic N) is 4. The summed E-state index contributed by atoms with van der Waals surface area (Å²) in [5, 5.41) is 20.7. The zero-order valence-corrected chi connectivity index (χ0v) is 16.9. The van der Waals surface area contributed by atoms with E-state index in [1.807, 2.05) is 31.2 Å². The third-order valence-corrected chi connectivity index (χ3v) is 4.34. The number of guanidine groups is 1. The highest BCUT2D eigenvalue weighted by atomic mass is 19.3. The molecule has 31 heavy (non-hydrogen) atoms. The lowest BCUT2D eigenvalue weighted by atomic mass is 10.1. The van der Waals surface area contributed by atoms with E-state index < -0.39 is 12.7 Å². The van der Waals surface area contributed by atoms with Crippen LogP contribution in [-0.2, 0) is 6.54 Å². The van der Waals surface area contributed by atoms with Crippen LogP contribution in [0.5, 0.6) is 5.75 Å². The first-order valence-corrected chi connectivity index (χ1v) is 9.74. The lowest BCUT2D eigenvalue weighted by molar-refractivity contribution is -0.0498. The summed E-state index contributed by atoms with van der Waals surface area (Å²) in [6.07, 6.45) is 2.27. The number of benzene rings is 2. The highest BCUT2D eigenvalue weighted by molar-refractivity contribution is 5.79. The van der Waals surface area contributed by atoms with Crippen molar-refractivity contribution >= 4 is 5.96 Å². The van der Waals surface area contributed by atoms with Crippen molar-refractivity contribution in [3.8, 4) is 11.4 Å². The number of aliphatic hydroxyl groups is 1. The lowest BCUT2D eigenvalue weighted by Gasteiger charge is -2.16. The van der Waals surface area contributed by atoms with Gasteiger partial charge in [-0.05, 0) is 42.3 Å². The Bertz CT molecular complexity index is 947. The first kappa shape index (κ1) is 22.2. The van der Waals surface area contributed by atoms with E-state index in [1.165, 1.54) is 18.5 Å². The van der Waals surface area contributed by atoms with Gasteiger partial charge in [-0.25, -0.2) is 14.7 Å². The van der Waals surface area contributed by atoms with Gasteiger partial charge in [0.1, 0.15) is 18.4 Å². The number of hydrogen-bond acceptors (Lipinski definition) is 5. The van der Waals surface area contributed by atoms with Crippen molar-refractivity contribution in [2.75, 3.05) is 13.1 Å². The van der Waals surface area contributed by atoms with Gasteiger partial charge in [0.25, 0.3) is 0 Å². The van der Waals surface area contributed by atoms with E-state index in [2.05, 4.69) is 30.4 Å². The molecule has 0 radical (unpaired) electrons. The molecule has 0 spiro atoms. The maximum absolute atomic E-state index is 12.2. The van der Waals surface area contributed by atoms with Crippen LogP contribution < -0.4 is 15.4 Å². The highest BCUT2D eigenvalue weighted by Crippen LogP contribution is 2.19. The number of hydrogen-bond donors (Lipinski definition) is 3. The van der Waals surface area contributed by atoms with Crippen LogP contribution >= 0.6 is 0 Å². The Kier molecular flexibility index (Phi) is 7.88. The van der Waals surface area contributed by atoms with Gasteiger partial charge >= 0.3 is 6.61 Å². The molecular formula is C21H24F2N6O2. The Hall–Kier alpha value is -3.53. The fraction of sp³-hybridized carbons (Fsp3) is 0.286. The molecule has 1 unspecified atom stereocenters. The van der Waals surface area contributed by atoms with Crippen LogP contribution in [-0.4, -0.2) is 45.5 Å². The molecule has 10 heteroatoms. The normalized spacial score (nSPS) is 12.6. The summed E-state index contributed by atoms with van der Waals surface area (Å²) in [7, 11) is 0. The predicted molar refractivity (Wildman–Crippen MR) is 112 cm³/mol. The number of aliphatic hydroxyl groups excluding tert-OH is 1. The van der Waals surface area contributed by atoms with Crippen LogP contribution in [0.25, 0.3) is 5.69 Å². The molecule has 0 bridgehead atoms. The summed E-state index contributed by atoms with van der Waals surface area (Å²) in [6.45, 7) is 0.374. The van der Waals surface area contributed by atoms with E-state index in [0.29, 0.717) is 24.6 Å². The Morgan fingerprint density at radius 2 is 1.87 bits per heavy atom. The highest BCUT2D eigenvalue weighted by Gasteiger charge is 2.10. The second-order valence-corrected chi connectivity index (χ2v) is 6.55. The summed E-state index contributed by atoms with van der Waals surface area (Å²) in [5.41, 5.74) is 2.49. The molecule has 0 aliphatic rings. The van der Waals surface area contributed by atoms with Crippen molar-refractivity contribution in [2.45, 2.75) is 26.2 Å². The molecule has 0 saturated heterocycles. The van der Waals surface area contributed by atoms with E-state index in [-0.39, 0.29) is 12.3 Å². The SMILES string of the molecule is CCNC(=NCc1ccc(-n2cncn2)cc1)NCC(O)c1ccc(OC(F)F)cc1. The standard InChI is InChI=1S/C21H24F2N6O2/c1-2-25-21(26-11-15-3-7-17(8-4-15)29-14-24-13-28-29)27-12-19(30)16-5-9-18(10-6-16)31-20(22)23/h3-10,13-14,19-20,30H,2,11-12H2,1H3,(H2,25,26,27). The van der Waals surface area contributed by atoms with Gasteiger partial charge < -0.3 is 20.5 Å². The average molecular weight is 430 g/mol. The fourth-order valence-corrected chi connectivity index (χ4v) is 2.79. The largest absolute Gasteiger partial charge is 0.435 e. The maximum Gasteiger partial charge on any atom is 0.387 e. The number of halogens is 2. The molecule has 0 amide bonds. The van der Waals surface area contributed by atoms with E-state index in [9.17, 15) is 13.9 Å². The first-order valence-electron chi connectivity index (χ1n) is 9.74. The van der Waals surface area contributed by atoms with Crippen LogP contribution in [0.15, 0.2) is 66.2 Å². The van der Waals surface area contributed by atoms with Crippen LogP contribution in [0.3, 0.4) is 0 Å². The zero-order chi connectivity index (χ0) is 22.1.